The predicted molar refractivity (Wildman–Crippen MR) is 67.5 cm³/mol. The molecule has 0 aliphatic heterocycles. The Morgan fingerprint density at radius 1 is 1.44 bits per heavy atom. The van der Waals surface area contributed by atoms with Crippen LogP contribution < -0.4 is 5.32 Å². The summed E-state index contributed by atoms with van der Waals surface area (Å²) in [5, 5.41) is 9.97. The van der Waals surface area contributed by atoms with Gasteiger partial charge in [0, 0.05) is 36.3 Å². The molecule has 0 atom stereocenters. The SMILES string of the molecule is CCn1cc(CNCc2cccs2)c(C)n1. The topological polar surface area (TPSA) is 29.9 Å². The molecule has 2 aromatic rings. The third kappa shape index (κ3) is 2.71. The van der Waals surface area contributed by atoms with E-state index < -0.39 is 0 Å². The van der Waals surface area contributed by atoms with E-state index in [4.69, 9.17) is 0 Å². The molecular weight excluding hydrogens is 218 g/mol. The number of aryl methyl sites for hydroxylation is 2. The standard InChI is InChI=1S/C12H17N3S/c1-3-15-9-11(10(2)14-15)7-13-8-12-5-4-6-16-12/h4-6,9,13H,3,7-8H2,1-2H3. The van der Waals surface area contributed by atoms with Crippen LogP contribution in [0.3, 0.4) is 0 Å². The van der Waals surface area contributed by atoms with E-state index in [1.165, 1.54) is 10.4 Å². The Morgan fingerprint density at radius 2 is 2.31 bits per heavy atom. The molecule has 16 heavy (non-hydrogen) atoms. The minimum absolute atomic E-state index is 0.893. The zero-order valence-corrected chi connectivity index (χ0v) is 10.5. The van der Waals surface area contributed by atoms with Gasteiger partial charge in [-0.1, -0.05) is 6.07 Å². The van der Waals surface area contributed by atoms with Gasteiger partial charge in [-0.3, -0.25) is 4.68 Å². The summed E-state index contributed by atoms with van der Waals surface area (Å²) in [7, 11) is 0. The fraction of sp³-hybridized carbons (Fsp3) is 0.417. The van der Waals surface area contributed by atoms with Crippen molar-refractivity contribution in [3.8, 4) is 0 Å². The van der Waals surface area contributed by atoms with Crippen molar-refractivity contribution in [2.75, 3.05) is 0 Å². The second kappa shape index (κ2) is 5.27. The van der Waals surface area contributed by atoms with Gasteiger partial charge in [0.25, 0.3) is 0 Å². The third-order valence-electron chi connectivity index (χ3n) is 2.57. The fourth-order valence-corrected chi connectivity index (χ4v) is 2.30. The molecule has 3 nitrogen and oxygen atoms in total. The zero-order valence-electron chi connectivity index (χ0n) is 9.73. The maximum atomic E-state index is 4.42. The van der Waals surface area contributed by atoms with Crippen LogP contribution in [0, 0.1) is 6.92 Å². The van der Waals surface area contributed by atoms with Gasteiger partial charge in [0.05, 0.1) is 5.69 Å². The molecule has 0 fully saturated rings. The van der Waals surface area contributed by atoms with Gasteiger partial charge in [-0.25, -0.2) is 0 Å². The molecule has 0 saturated heterocycles. The second-order valence-electron chi connectivity index (χ2n) is 3.78. The van der Waals surface area contributed by atoms with E-state index >= 15 is 0 Å². The van der Waals surface area contributed by atoms with Crippen LogP contribution in [0.4, 0.5) is 0 Å². The normalized spacial score (nSPS) is 10.9. The Bertz CT molecular complexity index is 431. The van der Waals surface area contributed by atoms with Crippen molar-refractivity contribution >= 4 is 11.3 Å². The molecule has 0 aromatic carbocycles. The largest absolute Gasteiger partial charge is 0.308 e. The molecule has 0 spiro atoms. The Hall–Kier alpha value is -1.13. The number of nitrogens with one attached hydrogen (secondary N) is 1. The smallest absolute Gasteiger partial charge is 0.0638 e. The summed E-state index contributed by atoms with van der Waals surface area (Å²) >= 11 is 1.79. The average Bonchev–Trinajstić information content (AvgIpc) is 2.89. The van der Waals surface area contributed by atoms with Crippen molar-refractivity contribution in [1.82, 2.24) is 15.1 Å². The van der Waals surface area contributed by atoms with Gasteiger partial charge in [0.15, 0.2) is 0 Å². The van der Waals surface area contributed by atoms with Crippen molar-refractivity contribution in [2.45, 2.75) is 33.5 Å². The Morgan fingerprint density at radius 3 is 2.94 bits per heavy atom. The summed E-state index contributed by atoms with van der Waals surface area (Å²) in [6.45, 7) is 6.94. The van der Waals surface area contributed by atoms with Crippen LogP contribution in [0.1, 0.15) is 23.1 Å². The predicted octanol–water partition coefficient (Wildman–Crippen LogP) is 2.56. The number of rotatable bonds is 5. The lowest BCUT2D eigenvalue weighted by Crippen LogP contribution is -2.11. The van der Waals surface area contributed by atoms with Gasteiger partial charge < -0.3 is 5.32 Å². The minimum atomic E-state index is 0.893. The number of hydrogen-bond acceptors (Lipinski definition) is 3. The van der Waals surface area contributed by atoms with Gasteiger partial charge >= 0.3 is 0 Å². The molecule has 0 aliphatic carbocycles. The van der Waals surface area contributed by atoms with Crippen LogP contribution in [0.25, 0.3) is 0 Å². The second-order valence-corrected chi connectivity index (χ2v) is 4.81. The van der Waals surface area contributed by atoms with E-state index in [-0.39, 0.29) is 0 Å². The molecular formula is C12H17N3S. The van der Waals surface area contributed by atoms with E-state index in [0.29, 0.717) is 0 Å². The summed E-state index contributed by atoms with van der Waals surface area (Å²) < 4.78 is 1.98. The molecule has 86 valence electrons. The molecule has 2 aromatic heterocycles. The molecule has 0 unspecified atom stereocenters. The number of aromatic nitrogens is 2. The molecule has 4 heteroatoms. The summed E-state index contributed by atoms with van der Waals surface area (Å²) in [4.78, 5) is 1.38. The van der Waals surface area contributed by atoms with Crippen molar-refractivity contribution in [2.24, 2.45) is 0 Å². The molecule has 2 heterocycles. The maximum absolute atomic E-state index is 4.42. The molecule has 0 saturated carbocycles. The van der Waals surface area contributed by atoms with Gasteiger partial charge in [-0.05, 0) is 25.3 Å². The lowest BCUT2D eigenvalue weighted by molar-refractivity contribution is 0.652. The van der Waals surface area contributed by atoms with Gasteiger partial charge in [-0.15, -0.1) is 11.3 Å². The van der Waals surface area contributed by atoms with Crippen LogP contribution in [-0.2, 0) is 19.6 Å². The highest BCUT2D eigenvalue weighted by Crippen LogP contribution is 2.09. The highest BCUT2D eigenvalue weighted by molar-refractivity contribution is 7.09. The monoisotopic (exact) mass is 235 g/mol. The summed E-state index contributed by atoms with van der Waals surface area (Å²) in [6, 6.07) is 4.24. The first-order valence-electron chi connectivity index (χ1n) is 5.55. The Labute approximate surface area is 100 Å². The number of nitrogens with zero attached hydrogens (tertiary/aromatic N) is 2. The Kier molecular flexibility index (Phi) is 3.74. The van der Waals surface area contributed by atoms with E-state index in [0.717, 1.165) is 25.3 Å². The van der Waals surface area contributed by atoms with E-state index in [1.807, 2.05) is 4.68 Å². The molecule has 0 radical (unpaired) electrons. The van der Waals surface area contributed by atoms with Gasteiger partial charge in [0.2, 0.25) is 0 Å². The summed E-state index contributed by atoms with van der Waals surface area (Å²) in [5.41, 5.74) is 2.42. The third-order valence-corrected chi connectivity index (χ3v) is 3.44. The van der Waals surface area contributed by atoms with Gasteiger partial charge in [0.1, 0.15) is 0 Å². The van der Waals surface area contributed by atoms with E-state index in [1.54, 1.807) is 11.3 Å². The highest BCUT2D eigenvalue weighted by Gasteiger charge is 2.03. The van der Waals surface area contributed by atoms with Crippen molar-refractivity contribution in [3.63, 3.8) is 0 Å². The van der Waals surface area contributed by atoms with E-state index in [9.17, 15) is 0 Å². The first kappa shape index (κ1) is 11.4. The van der Waals surface area contributed by atoms with Crippen molar-refractivity contribution < 1.29 is 0 Å². The zero-order chi connectivity index (χ0) is 11.4. The van der Waals surface area contributed by atoms with Crippen LogP contribution in [0.5, 0.6) is 0 Å². The van der Waals surface area contributed by atoms with Crippen LogP contribution >= 0.6 is 11.3 Å². The van der Waals surface area contributed by atoms with Crippen LogP contribution in [0.15, 0.2) is 23.7 Å². The first-order chi connectivity index (χ1) is 7.79. The van der Waals surface area contributed by atoms with Crippen LogP contribution in [-0.4, -0.2) is 9.78 Å². The van der Waals surface area contributed by atoms with Crippen LogP contribution in [0.2, 0.25) is 0 Å². The molecule has 0 bridgehead atoms. The van der Waals surface area contributed by atoms with Crippen molar-refractivity contribution in [3.05, 3.63) is 39.8 Å². The van der Waals surface area contributed by atoms with Crippen molar-refractivity contribution in [1.29, 1.82) is 0 Å². The summed E-state index contributed by atoms with van der Waals surface area (Å²) in [6.07, 6.45) is 2.12. The summed E-state index contributed by atoms with van der Waals surface area (Å²) in [5.74, 6) is 0. The maximum Gasteiger partial charge on any atom is 0.0638 e. The number of hydrogen-bond donors (Lipinski definition) is 1. The quantitative estimate of drug-likeness (QED) is 0.863. The first-order valence-corrected chi connectivity index (χ1v) is 6.43. The number of thiophene rings is 1. The molecule has 1 N–H and O–H groups in total. The lowest BCUT2D eigenvalue weighted by atomic mass is 10.2. The lowest BCUT2D eigenvalue weighted by Gasteiger charge is -2.01. The molecule has 0 amide bonds. The Balaban J connectivity index is 1.87. The van der Waals surface area contributed by atoms with Gasteiger partial charge in [-0.2, -0.15) is 5.10 Å². The highest BCUT2D eigenvalue weighted by atomic mass is 32.1. The van der Waals surface area contributed by atoms with E-state index in [2.05, 4.69) is 48.0 Å². The average molecular weight is 235 g/mol. The fourth-order valence-electron chi connectivity index (χ4n) is 1.63. The molecule has 0 aliphatic rings. The molecule has 2 rings (SSSR count). The minimum Gasteiger partial charge on any atom is -0.308 e.